The molecular formula is C16H25NO2S. The molecule has 0 radical (unpaired) electrons. The molecule has 112 valence electrons. The predicted molar refractivity (Wildman–Crippen MR) is 85.2 cm³/mol. The first-order valence-corrected chi connectivity index (χ1v) is 7.95. The molecule has 0 aromatic heterocycles. The van der Waals surface area contributed by atoms with Gasteiger partial charge in [-0.3, -0.25) is 4.79 Å². The number of thioether (sulfide) groups is 1. The van der Waals surface area contributed by atoms with Crippen LogP contribution in [-0.4, -0.2) is 29.4 Å². The van der Waals surface area contributed by atoms with Gasteiger partial charge in [-0.15, -0.1) is 11.8 Å². The molecule has 2 N–H and O–H groups in total. The number of carbonyl (C=O) groups is 1. The first kappa shape index (κ1) is 17.1. The molecule has 0 heterocycles. The van der Waals surface area contributed by atoms with Crippen LogP contribution in [0.2, 0.25) is 0 Å². The lowest BCUT2D eigenvalue weighted by Crippen LogP contribution is -2.27. The van der Waals surface area contributed by atoms with Crippen LogP contribution < -0.4 is 5.32 Å². The Morgan fingerprint density at radius 1 is 1.30 bits per heavy atom. The van der Waals surface area contributed by atoms with E-state index in [1.54, 1.807) is 6.92 Å². The van der Waals surface area contributed by atoms with E-state index in [0.29, 0.717) is 18.7 Å². The van der Waals surface area contributed by atoms with Crippen molar-refractivity contribution in [2.24, 2.45) is 0 Å². The van der Waals surface area contributed by atoms with Gasteiger partial charge in [0.05, 0.1) is 11.9 Å². The summed E-state index contributed by atoms with van der Waals surface area (Å²) in [5.74, 6) is 0.421. The summed E-state index contributed by atoms with van der Waals surface area (Å²) >= 11 is 1.53. The molecule has 0 saturated heterocycles. The standard InChI is InChI=1S/C16H25NO2S/c1-12(18)9-10-17-15(19)11-20-14-7-5-13(6-8-14)16(2,3)4/h5-8,12,18H,9-11H2,1-4H3,(H,17,19). The van der Waals surface area contributed by atoms with Crippen molar-refractivity contribution in [2.45, 2.75) is 50.5 Å². The monoisotopic (exact) mass is 295 g/mol. The van der Waals surface area contributed by atoms with Gasteiger partial charge in [-0.2, -0.15) is 0 Å². The zero-order valence-electron chi connectivity index (χ0n) is 12.8. The van der Waals surface area contributed by atoms with Crippen LogP contribution in [-0.2, 0) is 10.2 Å². The normalized spacial score (nSPS) is 13.1. The van der Waals surface area contributed by atoms with Gasteiger partial charge < -0.3 is 10.4 Å². The highest BCUT2D eigenvalue weighted by atomic mass is 32.2. The highest BCUT2D eigenvalue weighted by Crippen LogP contribution is 2.25. The smallest absolute Gasteiger partial charge is 0.230 e. The van der Waals surface area contributed by atoms with Gasteiger partial charge in [0.1, 0.15) is 0 Å². The maximum Gasteiger partial charge on any atom is 0.230 e. The second-order valence-corrected chi connectivity index (χ2v) is 7.10. The minimum Gasteiger partial charge on any atom is -0.393 e. The summed E-state index contributed by atoms with van der Waals surface area (Å²) in [6.45, 7) is 8.80. The van der Waals surface area contributed by atoms with Gasteiger partial charge in [0.15, 0.2) is 0 Å². The molecule has 0 aliphatic heterocycles. The summed E-state index contributed by atoms with van der Waals surface area (Å²) in [6.07, 6.45) is 0.226. The molecule has 1 rings (SSSR count). The number of hydrogen-bond donors (Lipinski definition) is 2. The van der Waals surface area contributed by atoms with Crippen LogP contribution in [0.4, 0.5) is 0 Å². The maximum atomic E-state index is 11.6. The van der Waals surface area contributed by atoms with Crippen molar-refractivity contribution in [1.82, 2.24) is 5.32 Å². The number of benzene rings is 1. The molecule has 4 heteroatoms. The third-order valence-corrected chi connectivity index (χ3v) is 3.99. The Morgan fingerprint density at radius 2 is 1.90 bits per heavy atom. The van der Waals surface area contributed by atoms with E-state index >= 15 is 0 Å². The van der Waals surface area contributed by atoms with Gasteiger partial charge in [-0.1, -0.05) is 32.9 Å². The van der Waals surface area contributed by atoms with E-state index in [2.05, 4.69) is 50.4 Å². The Balaban J connectivity index is 2.37. The number of carbonyl (C=O) groups excluding carboxylic acids is 1. The maximum absolute atomic E-state index is 11.6. The van der Waals surface area contributed by atoms with E-state index in [0.717, 1.165) is 4.90 Å². The fourth-order valence-electron chi connectivity index (χ4n) is 1.67. The summed E-state index contributed by atoms with van der Waals surface area (Å²) in [4.78, 5) is 12.7. The molecule has 0 aliphatic rings. The molecule has 20 heavy (non-hydrogen) atoms. The van der Waals surface area contributed by atoms with Gasteiger partial charge in [-0.05, 0) is 36.5 Å². The van der Waals surface area contributed by atoms with E-state index in [4.69, 9.17) is 5.11 Å². The van der Waals surface area contributed by atoms with Crippen molar-refractivity contribution in [3.63, 3.8) is 0 Å². The summed E-state index contributed by atoms with van der Waals surface area (Å²) < 4.78 is 0. The topological polar surface area (TPSA) is 49.3 Å². The number of amides is 1. The van der Waals surface area contributed by atoms with Crippen LogP contribution in [0.15, 0.2) is 29.2 Å². The Hall–Kier alpha value is -1.00. The number of rotatable bonds is 6. The molecule has 0 spiro atoms. The van der Waals surface area contributed by atoms with Crippen molar-refractivity contribution < 1.29 is 9.90 Å². The molecule has 3 nitrogen and oxygen atoms in total. The van der Waals surface area contributed by atoms with E-state index in [-0.39, 0.29) is 17.4 Å². The van der Waals surface area contributed by atoms with Gasteiger partial charge in [0.2, 0.25) is 5.91 Å². The third-order valence-electron chi connectivity index (χ3n) is 2.97. The average molecular weight is 295 g/mol. The van der Waals surface area contributed by atoms with Crippen LogP contribution in [0, 0.1) is 0 Å². The number of hydrogen-bond acceptors (Lipinski definition) is 3. The van der Waals surface area contributed by atoms with Crippen LogP contribution in [0.25, 0.3) is 0 Å². The highest BCUT2D eigenvalue weighted by molar-refractivity contribution is 8.00. The average Bonchev–Trinajstić information content (AvgIpc) is 2.35. The van der Waals surface area contributed by atoms with Crippen molar-refractivity contribution in [2.75, 3.05) is 12.3 Å². The first-order valence-electron chi connectivity index (χ1n) is 6.97. The molecule has 0 bridgehead atoms. The molecule has 0 aliphatic carbocycles. The van der Waals surface area contributed by atoms with Gasteiger partial charge in [-0.25, -0.2) is 0 Å². The molecule has 1 unspecified atom stereocenters. The minimum absolute atomic E-state index is 0.00977. The number of aliphatic hydroxyl groups excluding tert-OH is 1. The van der Waals surface area contributed by atoms with E-state index in [9.17, 15) is 4.79 Å². The van der Waals surface area contributed by atoms with Crippen LogP contribution >= 0.6 is 11.8 Å². The molecule has 0 fully saturated rings. The number of nitrogens with one attached hydrogen (secondary N) is 1. The highest BCUT2D eigenvalue weighted by Gasteiger charge is 2.13. The second-order valence-electron chi connectivity index (χ2n) is 6.05. The largest absolute Gasteiger partial charge is 0.393 e. The van der Waals surface area contributed by atoms with E-state index < -0.39 is 0 Å². The van der Waals surface area contributed by atoms with Gasteiger partial charge in [0.25, 0.3) is 0 Å². The van der Waals surface area contributed by atoms with Crippen molar-refractivity contribution in [1.29, 1.82) is 0 Å². The fourth-order valence-corrected chi connectivity index (χ4v) is 2.40. The third kappa shape index (κ3) is 6.44. The van der Waals surface area contributed by atoms with Gasteiger partial charge >= 0.3 is 0 Å². The molecule has 0 saturated carbocycles. The lowest BCUT2D eigenvalue weighted by molar-refractivity contribution is -0.118. The second kappa shape index (κ2) is 7.70. The lowest BCUT2D eigenvalue weighted by Gasteiger charge is -2.19. The fraction of sp³-hybridized carbons (Fsp3) is 0.562. The van der Waals surface area contributed by atoms with Crippen LogP contribution in [0.5, 0.6) is 0 Å². The molecule has 1 atom stereocenters. The van der Waals surface area contributed by atoms with E-state index in [1.807, 2.05) is 0 Å². The zero-order chi connectivity index (χ0) is 15.2. The van der Waals surface area contributed by atoms with Crippen molar-refractivity contribution >= 4 is 17.7 Å². The summed E-state index contributed by atoms with van der Waals surface area (Å²) in [7, 11) is 0. The number of aliphatic hydroxyl groups is 1. The van der Waals surface area contributed by atoms with Gasteiger partial charge in [0, 0.05) is 11.4 Å². The molecule has 1 aromatic carbocycles. The quantitative estimate of drug-likeness (QED) is 0.793. The van der Waals surface area contributed by atoms with Crippen molar-refractivity contribution in [3.05, 3.63) is 29.8 Å². The lowest BCUT2D eigenvalue weighted by atomic mass is 9.87. The zero-order valence-corrected chi connectivity index (χ0v) is 13.6. The Kier molecular flexibility index (Phi) is 6.56. The summed E-state index contributed by atoms with van der Waals surface area (Å²) in [6, 6.07) is 8.37. The molecule has 1 aromatic rings. The summed E-state index contributed by atoms with van der Waals surface area (Å²) in [5.41, 5.74) is 1.45. The van der Waals surface area contributed by atoms with E-state index in [1.165, 1.54) is 17.3 Å². The first-order chi connectivity index (χ1) is 9.29. The van der Waals surface area contributed by atoms with Crippen LogP contribution in [0.3, 0.4) is 0 Å². The SMILES string of the molecule is CC(O)CCNC(=O)CSc1ccc(C(C)(C)C)cc1. The summed E-state index contributed by atoms with van der Waals surface area (Å²) in [5, 5.41) is 11.9. The minimum atomic E-state index is -0.368. The molecular weight excluding hydrogens is 270 g/mol. The Morgan fingerprint density at radius 3 is 2.40 bits per heavy atom. The van der Waals surface area contributed by atoms with Crippen LogP contribution in [0.1, 0.15) is 39.7 Å². The Labute approximate surface area is 126 Å². The predicted octanol–water partition coefficient (Wildman–Crippen LogP) is 2.96. The molecule has 1 amide bonds. The van der Waals surface area contributed by atoms with Crippen molar-refractivity contribution in [3.8, 4) is 0 Å². The Bertz CT molecular complexity index is 421.